The first-order valence-electron chi connectivity index (χ1n) is 6.21. The third-order valence-electron chi connectivity index (χ3n) is 2.91. The van der Waals surface area contributed by atoms with Gasteiger partial charge in [-0.15, -0.1) is 24.0 Å². The van der Waals surface area contributed by atoms with Crippen molar-refractivity contribution in [2.24, 2.45) is 10.7 Å². The Morgan fingerprint density at radius 2 is 2.40 bits per heavy atom. The van der Waals surface area contributed by atoms with Crippen molar-refractivity contribution in [3.8, 4) is 5.75 Å². The summed E-state index contributed by atoms with van der Waals surface area (Å²) in [6, 6.07) is 5.35. The zero-order valence-electron chi connectivity index (χ0n) is 11.3. The van der Waals surface area contributed by atoms with Gasteiger partial charge in [-0.05, 0) is 31.0 Å². The minimum Gasteiger partial charge on any atom is -0.495 e. The van der Waals surface area contributed by atoms with Crippen LogP contribution in [0.2, 0.25) is 5.02 Å². The van der Waals surface area contributed by atoms with Crippen LogP contribution in [0.4, 0.5) is 5.69 Å². The summed E-state index contributed by atoms with van der Waals surface area (Å²) in [6.45, 7) is 1.41. The minimum atomic E-state index is 0. The van der Waals surface area contributed by atoms with Gasteiger partial charge in [0.05, 0.1) is 24.8 Å². The molecule has 1 fully saturated rings. The van der Waals surface area contributed by atoms with Crippen molar-refractivity contribution in [3.63, 3.8) is 0 Å². The quantitative estimate of drug-likeness (QED) is 0.454. The number of hydrogen-bond donors (Lipinski definition) is 2. The summed E-state index contributed by atoms with van der Waals surface area (Å²) in [5, 5.41) is 3.52. The standard InChI is InChI=1S/C13H18ClN3O2.HI/c1-18-12-5-4-9(7-11(12)14)17-13(15)16-8-10-3-2-6-19-10;/h4-5,7,10H,2-3,6,8H2,1H3,(H3,15,16,17);1H. The molecule has 0 radical (unpaired) electrons. The van der Waals surface area contributed by atoms with Crippen LogP contribution in [-0.4, -0.2) is 32.3 Å². The van der Waals surface area contributed by atoms with Crippen LogP contribution in [0.25, 0.3) is 0 Å². The SMILES string of the molecule is COc1ccc(NC(N)=NCC2CCCO2)cc1Cl.I. The second-order valence-corrected chi connectivity index (χ2v) is 4.74. The molecule has 1 aromatic rings. The van der Waals surface area contributed by atoms with Crippen LogP contribution in [0, 0.1) is 0 Å². The smallest absolute Gasteiger partial charge is 0.193 e. The van der Waals surface area contributed by atoms with Crippen molar-refractivity contribution in [1.29, 1.82) is 0 Å². The van der Waals surface area contributed by atoms with Gasteiger partial charge in [0.1, 0.15) is 5.75 Å². The molecule has 0 aromatic heterocycles. The zero-order valence-corrected chi connectivity index (χ0v) is 14.4. The highest BCUT2D eigenvalue weighted by atomic mass is 127. The molecule has 1 aliphatic heterocycles. The number of guanidine groups is 1. The lowest BCUT2D eigenvalue weighted by molar-refractivity contribution is 0.118. The Morgan fingerprint density at radius 3 is 3.00 bits per heavy atom. The third-order valence-corrected chi connectivity index (χ3v) is 3.21. The highest BCUT2D eigenvalue weighted by Gasteiger charge is 2.14. The van der Waals surface area contributed by atoms with Crippen LogP contribution in [0.5, 0.6) is 5.75 Å². The molecule has 3 N–H and O–H groups in total. The predicted octanol–water partition coefficient (Wildman–Crippen LogP) is 2.87. The van der Waals surface area contributed by atoms with Crippen LogP contribution in [-0.2, 0) is 4.74 Å². The van der Waals surface area contributed by atoms with Crippen molar-refractivity contribution in [2.45, 2.75) is 18.9 Å². The highest BCUT2D eigenvalue weighted by molar-refractivity contribution is 14.0. The number of methoxy groups -OCH3 is 1. The summed E-state index contributed by atoms with van der Waals surface area (Å²) in [4.78, 5) is 4.26. The van der Waals surface area contributed by atoms with Crippen LogP contribution in [0.1, 0.15) is 12.8 Å². The maximum Gasteiger partial charge on any atom is 0.193 e. The topological polar surface area (TPSA) is 68.9 Å². The number of hydrogen-bond acceptors (Lipinski definition) is 3. The fourth-order valence-electron chi connectivity index (χ4n) is 1.92. The number of aliphatic imine (C=N–C) groups is 1. The lowest BCUT2D eigenvalue weighted by Gasteiger charge is -2.10. The van der Waals surface area contributed by atoms with Crippen molar-refractivity contribution in [2.75, 3.05) is 25.6 Å². The summed E-state index contributed by atoms with van der Waals surface area (Å²) in [6.07, 6.45) is 2.34. The molecule has 1 aliphatic rings. The Morgan fingerprint density at radius 1 is 1.60 bits per heavy atom. The average Bonchev–Trinajstić information content (AvgIpc) is 2.90. The molecular formula is C13H19ClIN3O2. The summed E-state index contributed by atoms with van der Waals surface area (Å²) < 4.78 is 10.6. The fraction of sp³-hybridized carbons (Fsp3) is 0.462. The second kappa shape index (κ2) is 8.53. The van der Waals surface area contributed by atoms with E-state index in [-0.39, 0.29) is 30.1 Å². The van der Waals surface area contributed by atoms with Gasteiger partial charge in [0, 0.05) is 12.3 Å². The molecule has 1 heterocycles. The van der Waals surface area contributed by atoms with E-state index in [1.165, 1.54) is 0 Å². The number of nitrogens with zero attached hydrogens (tertiary/aromatic N) is 1. The Kier molecular flexibility index (Phi) is 7.39. The number of halogens is 2. The average molecular weight is 412 g/mol. The summed E-state index contributed by atoms with van der Waals surface area (Å²) >= 11 is 6.03. The largest absolute Gasteiger partial charge is 0.495 e. The molecule has 0 spiro atoms. The maximum atomic E-state index is 6.03. The van der Waals surface area contributed by atoms with Gasteiger partial charge in [0.2, 0.25) is 0 Å². The highest BCUT2D eigenvalue weighted by Crippen LogP contribution is 2.27. The van der Waals surface area contributed by atoms with E-state index in [0.29, 0.717) is 23.3 Å². The van der Waals surface area contributed by atoms with Gasteiger partial charge in [0.25, 0.3) is 0 Å². The van der Waals surface area contributed by atoms with E-state index in [9.17, 15) is 0 Å². The van der Waals surface area contributed by atoms with Crippen molar-refractivity contribution < 1.29 is 9.47 Å². The Labute approximate surface area is 140 Å². The lowest BCUT2D eigenvalue weighted by Crippen LogP contribution is -2.24. The molecule has 112 valence electrons. The van der Waals surface area contributed by atoms with Gasteiger partial charge in [-0.3, -0.25) is 4.99 Å². The number of nitrogens with one attached hydrogen (secondary N) is 1. The maximum absolute atomic E-state index is 6.03. The fourth-order valence-corrected chi connectivity index (χ4v) is 2.18. The van der Waals surface area contributed by atoms with Gasteiger partial charge < -0.3 is 20.5 Å². The molecule has 0 saturated carbocycles. The first-order chi connectivity index (χ1) is 9.19. The molecule has 20 heavy (non-hydrogen) atoms. The molecule has 0 amide bonds. The van der Waals surface area contributed by atoms with E-state index in [1.807, 2.05) is 6.07 Å². The number of anilines is 1. The first-order valence-corrected chi connectivity index (χ1v) is 6.59. The normalized spacial score (nSPS) is 18.5. The van der Waals surface area contributed by atoms with Gasteiger partial charge in [-0.1, -0.05) is 11.6 Å². The lowest BCUT2D eigenvalue weighted by atomic mass is 10.2. The monoisotopic (exact) mass is 411 g/mol. The third kappa shape index (κ3) is 4.99. The zero-order chi connectivity index (χ0) is 13.7. The first kappa shape index (κ1) is 17.3. The second-order valence-electron chi connectivity index (χ2n) is 4.34. The molecular weight excluding hydrogens is 393 g/mol. The molecule has 0 aliphatic carbocycles. The number of nitrogens with two attached hydrogens (primary N) is 1. The van der Waals surface area contributed by atoms with Crippen LogP contribution in [0.3, 0.4) is 0 Å². The molecule has 5 nitrogen and oxygen atoms in total. The van der Waals surface area contributed by atoms with Gasteiger partial charge >= 0.3 is 0 Å². The van der Waals surface area contributed by atoms with Crippen molar-refractivity contribution in [1.82, 2.24) is 0 Å². The van der Waals surface area contributed by atoms with Crippen LogP contribution < -0.4 is 15.8 Å². The van der Waals surface area contributed by atoms with Gasteiger partial charge in [0.15, 0.2) is 5.96 Å². The van der Waals surface area contributed by atoms with Crippen molar-refractivity contribution in [3.05, 3.63) is 23.2 Å². The van der Waals surface area contributed by atoms with E-state index in [2.05, 4.69) is 10.3 Å². The molecule has 2 rings (SSSR count). The molecule has 1 atom stereocenters. The summed E-state index contributed by atoms with van der Waals surface area (Å²) in [7, 11) is 1.58. The minimum absolute atomic E-state index is 0. The Bertz CT molecular complexity index is 465. The van der Waals surface area contributed by atoms with Crippen LogP contribution >= 0.6 is 35.6 Å². The Hall–Kier alpha value is -0.730. The van der Waals surface area contributed by atoms with E-state index in [1.54, 1.807) is 19.2 Å². The van der Waals surface area contributed by atoms with E-state index >= 15 is 0 Å². The van der Waals surface area contributed by atoms with Gasteiger partial charge in [-0.25, -0.2) is 0 Å². The Balaban J connectivity index is 0.00000200. The van der Waals surface area contributed by atoms with E-state index < -0.39 is 0 Å². The predicted molar refractivity (Wildman–Crippen MR) is 92.5 cm³/mol. The van der Waals surface area contributed by atoms with E-state index in [4.69, 9.17) is 26.8 Å². The number of rotatable bonds is 4. The van der Waals surface area contributed by atoms with Crippen molar-refractivity contribution >= 4 is 47.2 Å². The summed E-state index contributed by atoms with van der Waals surface area (Å²) in [5.41, 5.74) is 6.59. The van der Waals surface area contributed by atoms with E-state index in [0.717, 1.165) is 25.1 Å². The summed E-state index contributed by atoms with van der Waals surface area (Å²) in [5.74, 6) is 0.985. The molecule has 1 saturated heterocycles. The number of benzene rings is 1. The molecule has 0 bridgehead atoms. The molecule has 1 unspecified atom stereocenters. The molecule has 7 heteroatoms. The van der Waals surface area contributed by atoms with Gasteiger partial charge in [-0.2, -0.15) is 0 Å². The molecule has 1 aromatic carbocycles. The van der Waals surface area contributed by atoms with Crippen LogP contribution in [0.15, 0.2) is 23.2 Å². The number of ether oxygens (including phenoxy) is 2.